The summed E-state index contributed by atoms with van der Waals surface area (Å²) in [5, 5.41) is 0. The molecule has 0 heterocycles. The maximum atomic E-state index is 12.1. The molecule has 0 spiro atoms. The van der Waals surface area contributed by atoms with Crippen molar-refractivity contribution in [3.63, 3.8) is 0 Å². The van der Waals surface area contributed by atoms with Crippen LogP contribution in [0.4, 0.5) is 0 Å². The van der Waals surface area contributed by atoms with Crippen molar-refractivity contribution in [3.8, 4) is 5.75 Å². The lowest BCUT2D eigenvalue weighted by atomic mass is 10.2. The van der Waals surface area contributed by atoms with Gasteiger partial charge >= 0.3 is 0 Å². The maximum absolute atomic E-state index is 12.1. The summed E-state index contributed by atoms with van der Waals surface area (Å²) >= 11 is 4.96. The summed E-state index contributed by atoms with van der Waals surface area (Å²) in [6.07, 6.45) is 0. The molecular weight excluding hydrogens is 288 g/mol. The highest BCUT2D eigenvalue weighted by Gasteiger charge is 2.13. The van der Waals surface area contributed by atoms with Crippen molar-refractivity contribution in [1.29, 1.82) is 0 Å². The quantitative estimate of drug-likeness (QED) is 0.554. The molecule has 1 rings (SSSR count). The second-order valence-electron chi connectivity index (χ2n) is 4.32. The fourth-order valence-electron chi connectivity index (χ4n) is 1.81. The van der Waals surface area contributed by atoms with E-state index in [0.29, 0.717) is 37.6 Å². The first-order valence-electron chi connectivity index (χ1n) is 6.97. The Hall–Kier alpha value is -1.66. The van der Waals surface area contributed by atoms with Crippen molar-refractivity contribution < 1.29 is 14.3 Å². The molecule has 0 bridgehead atoms. The van der Waals surface area contributed by atoms with Crippen LogP contribution in [0.5, 0.6) is 5.75 Å². The molecule has 1 aromatic carbocycles. The van der Waals surface area contributed by atoms with Crippen molar-refractivity contribution >= 4 is 23.1 Å². The van der Waals surface area contributed by atoms with Gasteiger partial charge in [0.25, 0.3) is 5.91 Å². The molecule has 0 radical (unpaired) electrons. The molecule has 5 nitrogen and oxygen atoms in total. The number of carbonyl (C=O) groups is 1. The average molecular weight is 310 g/mol. The third kappa shape index (κ3) is 5.69. The Kier molecular flexibility index (Phi) is 7.71. The van der Waals surface area contributed by atoms with Crippen LogP contribution in [0.2, 0.25) is 0 Å². The number of likely N-dealkylation sites (N-methyl/N-ethyl adjacent to an activating group) is 1. The zero-order chi connectivity index (χ0) is 15.7. The minimum atomic E-state index is -0.0880. The highest BCUT2D eigenvalue weighted by atomic mass is 32.1. The van der Waals surface area contributed by atoms with E-state index in [9.17, 15) is 4.79 Å². The fourth-order valence-corrected chi connectivity index (χ4v) is 1.97. The van der Waals surface area contributed by atoms with E-state index in [-0.39, 0.29) is 17.5 Å². The molecule has 0 saturated heterocycles. The van der Waals surface area contributed by atoms with Gasteiger partial charge in [-0.15, -0.1) is 0 Å². The van der Waals surface area contributed by atoms with Gasteiger partial charge in [0.1, 0.15) is 10.7 Å². The van der Waals surface area contributed by atoms with E-state index in [1.807, 2.05) is 26.0 Å². The molecule has 0 unspecified atom stereocenters. The van der Waals surface area contributed by atoms with E-state index in [2.05, 4.69) is 0 Å². The van der Waals surface area contributed by atoms with Gasteiger partial charge in [0, 0.05) is 19.7 Å². The van der Waals surface area contributed by atoms with Crippen LogP contribution in [-0.2, 0) is 9.53 Å². The lowest BCUT2D eigenvalue weighted by molar-refractivity contribution is -0.133. The number of benzene rings is 1. The van der Waals surface area contributed by atoms with Crippen LogP contribution >= 0.6 is 12.2 Å². The molecule has 0 fully saturated rings. The fraction of sp³-hybridized carbons (Fsp3) is 0.467. The number of thiocarbonyl (C=S) groups is 1. The largest absolute Gasteiger partial charge is 0.483 e. The number of nitrogens with two attached hydrogens (primary N) is 1. The van der Waals surface area contributed by atoms with Gasteiger partial charge in [-0.05, 0) is 26.0 Å². The predicted molar refractivity (Wildman–Crippen MR) is 86.6 cm³/mol. The van der Waals surface area contributed by atoms with Gasteiger partial charge in [-0.3, -0.25) is 4.79 Å². The van der Waals surface area contributed by atoms with Gasteiger partial charge in [0.05, 0.1) is 12.2 Å². The van der Waals surface area contributed by atoms with E-state index in [0.717, 1.165) is 0 Å². The third-order valence-corrected chi connectivity index (χ3v) is 3.17. The molecule has 0 aliphatic heterocycles. The highest BCUT2D eigenvalue weighted by Crippen LogP contribution is 2.17. The van der Waals surface area contributed by atoms with E-state index in [1.54, 1.807) is 17.0 Å². The minimum absolute atomic E-state index is 0.0421. The molecule has 0 saturated carbocycles. The highest BCUT2D eigenvalue weighted by molar-refractivity contribution is 7.80. The minimum Gasteiger partial charge on any atom is -0.483 e. The van der Waals surface area contributed by atoms with Crippen molar-refractivity contribution in [1.82, 2.24) is 4.90 Å². The Morgan fingerprint density at radius 3 is 2.67 bits per heavy atom. The van der Waals surface area contributed by atoms with Crippen LogP contribution in [0, 0.1) is 0 Å². The van der Waals surface area contributed by atoms with E-state index < -0.39 is 0 Å². The van der Waals surface area contributed by atoms with Crippen LogP contribution in [0.25, 0.3) is 0 Å². The normalized spacial score (nSPS) is 10.2. The second-order valence-corrected chi connectivity index (χ2v) is 4.76. The third-order valence-electron chi connectivity index (χ3n) is 2.95. The molecule has 6 heteroatoms. The lowest BCUT2D eigenvalue weighted by Gasteiger charge is -2.21. The van der Waals surface area contributed by atoms with Crippen molar-refractivity contribution in [2.45, 2.75) is 13.8 Å². The molecule has 116 valence electrons. The second kappa shape index (κ2) is 9.31. The van der Waals surface area contributed by atoms with Gasteiger partial charge in [-0.25, -0.2) is 0 Å². The monoisotopic (exact) mass is 310 g/mol. The first kappa shape index (κ1) is 17.4. The SMILES string of the molecule is CCOCCN(CC)C(=O)COc1ccccc1C(N)=S. The molecular formula is C15H22N2O3S. The summed E-state index contributed by atoms with van der Waals surface area (Å²) in [6, 6.07) is 7.16. The summed E-state index contributed by atoms with van der Waals surface area (Å²) in [4.78, 5) is 14.0. The van der Waals surface area contributed by atoms with Crippen LogP contribution in [0.1, 0.15) is 19.4 Å². The summed E-state index contributed by atoms with van der Waals surface area (Å²) in [5.41, 5.74) is 6.26. The Morgan fingerprint density at radius 1 is 1.33 bits per heavy atom. The molecule has 1 aromatic rings. The topological polar surface area (TPSA) is 64.8 Å². The van der Waals surface area contributed by atoms with Crippen molar-refractivity contribution in [3.05, 3.63) is 29.8 Å². The average Bonchev–Trinajstić information content (AvgIpc) is 2.49. The number of carbonyl (C=O) groups excluding carboxylic acids is 1. The number of para-hydroxylation sites is 1. The number of ether oxygens (including phenoxy) is 2. The van der Waals surface area contributed by atoms with Gasteiger partial charge in [-0.1, -0.05) is 24.4 Å². The van der Waals surface area contributed by atoms with Crippen LogP contribution < -0.4 is 10.5 Å². The van der Waals surface area contributed by atoms with Gasteiger partial charge < -0.3 is 20.1 Å². The predicted octanol–water partition coefficient (Wildman–Crippen LogP) is 1.58. The van der Waals surface area contributed by atoms with Gasteiger partial charge in [-0.2, -0.15) is 0 Å². The van der Waals surface area contributed by atoms with E-state index in [4.69, 9.17) is 27.4 Å². The van der Waals surface area contributed by atoms with Crippen molar-refractivity contribution in [2.75, 3.05) is 32.9 Å². The number of amides is 1. The molecule has 0 aliphatic carbocycles. The van der Waals surface area contributed by atoms with E-state index >= 15 is 0 Å². The molecule has 0 aromatic heterocycles. The Morgan fingerprint density at radius 2 is 2.05 bits per heavy atom. The standard InChI is InChI=1S/C15H22N2O3S/c1-3-17(9-10-19-4-2)14(18)11-20-13-8-6-5-7-12(13)15(16)21/h5-8H,3-4,9-11H2,1-2H3,(H2,16,21). The summed E-state index contributed by atoms with van der Waals surface area (Å²) < 4.78 is 10.8. The summed E-state index contributed by atoms with van der Waals surface area (Å²) in [5.74, 6) is 0.439. The smallest absolute Gasteiger partial charge is 0.260 e. The lowest BCUT2D eigenvalue weighted by Crippen LogP contribution is -2.37. The number of rotatable bonds is 9. The summed E-state index contributed by atoms with van der Waals surface area (Å²) in [7, 11) is 0. The number of hydrogen-bond acceptors (Lipinski definition) is 4. The molecule has 21 heavy (non-hydrogen) atoms. The first-order chi connectivity index (χ1) is 10.1. The van der Waals surface area contributed by atoms with E-state index in [1.165, 1.54) is 0 Å². The van der Waals surface area contributed by atoms with Crippen LogP contribution in [0.15, 0.2) is 24.3 Å². The van der Waals surface area contributed by atoms with Gasteiger partial charge in [0.2, 0.25) is 0 Å². The van der Waals surface area contributed by atoms with Crippen LogP contribution in [0.3, 0.4) is 0 Å². The Bertz CT molecular complexity index is 480. The molecule has 1 amide bonds. The number of hydrogen-bond donors (Lipinski definition) is 1. The number of nitrogens with zero attached hydrogens (tertiary/aromatic N) is 1. The zero-order valence-corrected chi connectivity index (χ0v) is 13.3. The Balaban J connectivity index is 2.57. The molecule has 2 N–H and O–H groups in total. The van der Waals surface area contributed by atoms with Gasteiger partial charge in [0.15, 0.2) is 6.61 Å². The molecule has 0 atom stereocenters. The summed E-state index contributed by atoms with van der Waals surface area (Å²) in [6.45, 7) is 6.15. The van der Waals surface area contributed by atoms with Crippen LogP contribution in [-0.4, -0.2) is 48.7 Å². The first-order valence-corrected chi connectivity index (χ1v) is 7.38. The zero-order valence-electron chi connectivity index (χ0n) is 12.5. The molecule has 0 aliphatic rings. The maximum Gasteiger partial charge on any atom is 0.260 e. The Labute approximate surface area is 131 Å². The van der Waals surface area contributed by atoms with Crippen molar-refractivity contribution in [2.24, 2.45) is 5.73 Å².